The van der Waals surface area contributed by atoms with Crippen molar-refractivity contribution in [3.05, 3.63) is 48.2 Å². The van der Waals surface area contributed by atoms with Gasteiger partial charge in [0.05, 0.1) is 0 Å². The van der Waals surface area contributed by atoms with E-state index in [-0.39, 0.29) is 0 Å². The summed E-state index contributed by atoms with van der Waals surface area (Å²) in [6.07, 6.45) is 8.78. The van der Waals surface area contributed by atoms with Crippen molar-refractivity contribution >= 4 is 5.82 Å². The number of aromatic nitrogens is 5. The Morgan fingerprint density at radius 2 is 2.12 bits per heavy atom. The highest BCUT2D eigenvalue weighted by atomic mass is 16.4. The zero-order chi connectivity index (χ0) is 17.9. The Bertz CT molecular complexity index is 870. The highest BCUT2D eigenvalue weighted by Gasteiger charge is 2.26. The molecule has 0 saturated heterocycles. The first-order chi connectivity index (χ1) is 12.7. The Balaban J connectivity index is 1.37. The molecule has 0 unspecified atom stereocenters. The molecule has 3 aromatic rings. The predicted octanol–water partition coefficient (Wildman–Crippen LogP) is 3.34. The van der Waals surface area contributed by atoms with Crippen molar-refractivity contribution in [1.29, 1.82) is 0 Å². The van der Waals surface area contributed by atoms with Gasteiger partial charge in [0.2, 0.25) is 11.8 Å². The molecule has 1 N–H and O–H groups in total. The number of rotatable bonds is 6. The third kappa shape index (κ3) is 3.61. The van der Waals surface area contributed by atoms with Crippen LogP contribution in [-0.2, 0) is 12.8 Å². The molecule has 0 aromatic carbocycles. The topological polar surface area (TPSA) is 81.7 Å². The lowest BCUT2D eigenvalue weighted by atomic mass is 10.0. The second-order valence-corrected chi connectivity index (χ2v) is 6.89. The zero-order valence-corrected chi connectivity index (χ0v) is 15.2. The molecule has 7 heteroatoms. The molecule has 3 aromatic heterocycles. The van der Waals surface area contributed by atoms with Crippen LogP contribution in [0.4, 0.5) is 5.82 Å². The van der Waals surface area contributed by atoms with Gasteiger partial charge in [0, 0.05) is 31.3 Å². The van der Waals surface area contributed by atoms with E-state index in [0.29, 0.717) is 12.0 Å². The summed E-state index contributed by atoms with van der Waals surface area (Å²) in [7, 11) is 0. The van der Waals surface area contributed by atoms with Gasteiger partial charge in [-0.1, -0.05) is 13.0 Å². The standard InChI is InChI=1S/C19H24N6O/c1-3-18-23-24-19(26-18)12-14-7-8-15(11-14)21-16-5-4-6-17(22-16)25-10-9-20-13(25)2/h4-6,9-10,14-15H,3,7-8,11-12H2,1-2H3,(H,21,22)/t14-,15+/m1/s1. The van der Waals surface area contributed by atoms with Crippen LogP contribution in [0.3, 0.4) is 0 Å². The molecule has 0 radical (unpaired) electrons. The van der Waals surface area contributed by atoms with Crippen molar-refractivity contribution in [1.82, 2.24) is 24.7 Å². The third-order valence-corrected chi connectivity index (χ3v) is 4.97. The molecule has 0 bridgehead atoms. The minimum Gasteiger partial charge on any atom is -0.425 e. The fourth-order valence-corrected chi connectivity index (χ4v) is 3.62. The van der Waals surface area contributed by atoms with Crippen LogP contribution in [0, 0.1) is 12.8 Å². The average Bonchev–Trinajstić information content (AvgIpc) is 3.37. The number of hydrogen-bond donors (Lipinski definition) is 1. The second-order valence-electron chi connectivity index (χ2n) is 6.89. The van der Waals surface area contributed by atoms with Crippen LogP contribution in [0.1, 0.15) is 43.8 Å². The molecule has 1 fully saturated rings. The van der Waals surface area contributed by atoms with E-state index in [1.54, 1.807) is 6.20 Å². The third-order valence-electron chi connectivity index (χ3n) is 4.97. The molecule has 1 saturated carbocycles. The Kier molecular flexibility index (Phi) is 4.69. The van der Waals surface area contributed by atoms with Crippen molar-refractivity contribution in [2.45, 2.75) is 52.0 Å². The lowest BCUT2D eigenvalue weighted by molar-refractivity contribution is 0.409. The van der Waals surface area contributed by atoms with Crippen LogP contribution >= 0.6 is 0 Å². The molecular formula is C19H24N6O. The first-order valence-corrected chi connectivity index (χ1v) is 9.26. The number of nitrogens with one attached hydrogen (secondary N) is 1. The summed E-state index contributed by atoms with van der Waals surface area (Å²) in [5.74, 6) is 4.80. The summed E-state index contributed by atoms with van der Waals surface area (Å²) in [5, 5.41) is 11.8. The van der Waals surface area contributed by atoms with Gasteiger partial charge in [-0.15, -0.1) is 10.2 Å². The molecule has 2 atom stereocenters. The quantitative estimate of drug-likeness (QED) is 0.733. The Hall–Kier alpha value is -2.70. The van der Waals surface area contributed by atoms with Gasteiger partial charge in [-0.25, -0.2) is 9.97 Å². The number of anilines is 1. The van der Waals surface area contributed by atoms with Gasteiger partial charge in [-0.05, 0) is 44.2 Å². The lowest BCUT2D eigenvalue weighted by Crippen LogP contribution is -2.17. The van der Waals surface area contributed by atoms with Crippen LogP contribution in [0.25, 0.3) is 5.82 Å². The van der Waals surface area contributed by atoms with E-state index in [1.807, 2.05) is 42.8 Å². The Morgan fingerprint density at radius 1 is 1.23 bits per heavy atom. The summed E-state index contributed by atoms with van der Waals surface area (Å²) < 4.78 is 7.64. The van der Waals surface area contributed by atoms with Gasteiger partial charge in [-0.3, -0.25) is 4.57 Å². The highest BCUT2D eigenvalue weighted by molar-refractivity contribution is 5.41. The van der Waals surface area contributed by atoms with Gasteiger partial charge >= 0.3 is 0 Å². The van der Waals surface area contributed by atoms with E-state index in [0.717, 1.165) is 54.9 Å². The van der Waals surface area contributed by atoms with Gasteiger partial charge in [0.15, 0.2) is 0 Å². The second kappa shape index (κ2) is 7.27. The van der Waals surface area contributed by atoms with Crippen molar-refractivity contribution < 1.29 is 4.42 Å². The molecule has 0 aliphatic heterocycles. The average molecular weight is 352 g/mol. The lowest BCUT2D eigenvalue weighted by Gasteiger charge is -2.14. The van der Waals surface area contributed by atoms with Crippen molar-refractivity contribution in [3.8, 4) is 5.82 Å². The minimum atomic E-state index is 0.431. The maximum Gasteiger partial charge on any atom is 0.216 e. The normalized spacial score (nSPS) is 19.8. The van der Waals surface area contributed by atoms with Crippen LogP contribution in [0.5, 0.6) is 0 Å². The van der Waals surface area contributed by atoms with Crippen LogP contribution in [0.15, 0.2) is 35.0 Å². The van der Waals surface area contributed by atoms with E-state index in [4.69, 9.17) is 9.40 Å². The molecule has 3 heterocycles. The summed E-state index contributed by atoms with van der Waals surface area (Å²) >= 11 is 0. The van der Waals surface area contributed by atoms with Crippen LogP contribution in [0.2, 0.25) is 0 Å². The molecular weight excluding hydrogens is 328 g/mol. The number of hydrogen-bond acceptors (Lipinski definition) is 6. The fraction of sp³-hybridized carbons (Fsp3) is 0.474. The smallest absolute Gasteiger partial charge is 0.216 e. The predicted molar refractivity (Wildman–Crippen MR) is 98.2 cm³/mol. The van der Waals surface area contributed by atoms with Crippen LogP contribution in [-0.4, -0.2) is 30.8 Å². The summed E-state index contributed by atoms with van der Waals surface area (Å²) in [4.78, 5) is 9.00. The number of pyridine rings is 1. The fourth-order valence-electron chi connectivity index (χ4n) is 3.62. The van der Waals surface area contributed by atoms with Crippen molar-refractivity contribution in [2.75, 3.05) is 5.32 Å². The summed E-state index contributed by atoms with van der Waals surface area (Å²) in [6.45, 7) is 4.00. The summed E-state index contributed by atoms with van der Waals surface area (Å²) in [5.41, 5.74) is 0. The first-order valence-electron chi connectivity index (χ1n) is 9.26. The maximum atomic E-state index is 5.65. The molecule has 0 spiro atoms. The van der Waals surface area contributed by atoms with Gasteiger partial charge in [-0.2, -0.15) is 0 Å². The van der Waals surface area contributed by atoms with E-state index in [2.05, 4.69) is 20.5 Å². The Labute approximate surface area is 152 Å². The van der Waals surface area contributed by atoms with Crippen molar-refractivity contribution in [3.63, 3.8) is 0 Å². The van der Waals surface area contributed by atoms with Crippen LogP contribution < -0.4 is 5.32 Å². The van der Waals surface area contributed by atoms with E-state index < -0.39 is 0 Å². The van der Waals surface area contributed by atoms with Gasteiger partial charge in [0.1, 0.15) is 17.5 Å². The van der Waals surface area contributed by atoms with E-state index in [1.165, 1.54) is 6.42 Å². The first kappa shape index (κ1) is 16.8. The van der Waals surface area contributed by atoms with E-state index >= 15 is 0 Å². The monoisotopic (exact) mass is 352 g/mol. The summed E-state index contributed by atoms with van der Waals surface area (Å²) in [6, 6.07) is 6.48. The maximum absolute atomic E-state index is 5.65. The van der Waals surface area contributed by atoms with Gasteiger partial charge in [0.25, 0.3) is 0 Å². The number of imidazole rings is 1. The largest absolute Gasteiger partial charge is 0.425 e. The van der Waals surface area contributed by atoms with E-state index in [9.17, 15) is 0 Å². The number of nitrogens with zero attached hydrogens (tertiary/aromatic N) is 5. The zero-order valence-electron chi connectivity index (χ0n) is 15.2. The minimum absolute atomic E-state index is 0.431. The molecule has 136 valence electrons. The molecule has 4 rings (SSSR count). The molecule has 0 amide bonds. The SMILES string of the molecule is CCc1nnc(C[C@@H]2CC[C@H](Nc3cccc(-n4ccnc4C)n3)C2)o1. The highest BCUT2D eigenvalue weighted by Crippen LogP contribution is 2.30. The number of aryl methyl sites for hydroxylation is 2. The van der Waals surface area contributed by atoms with Crippen molar-refractivity contribution in [2.24, 2.45) is 5.92 Å². The molecule has 7 nitrogen and oxygen atoms in total. The van der Waals surface area contributed by atoms with Gasteiger partial charge < -0.3 is 9.73 Å². The molecule has 26 heavy (non-hydrogen) atoms. The molecule has 1 aliphatic carbocycles. The molecule has 1 aliphatic rings. The Morgan fingerprint density at radius 3 is 2.88 bits per heavy atom.